The molecule has 0 aliphatic carbocycles. The van der Waals surface area contributed by atoms with Gasteiger partial charge >= 0.3 is 0 Å². The van der Waals surface area contributed by atoms with Crippen LogP contribution in [0.15, 0.2) is 87.7 Å². The number of rotatable bonds is 9. The van der Waals surface area contributed by atoms with Gasteiger partial charge in [-0.25, -0.2) is 5.43 Å². The molecule has 3 aromatic carbocycles. The zero-order valence-electron chi connectivity index (χ0n) is 21.4. The number of aryl methyl sites for hydroxylation is 1. The van der Waals surface area contributed by atoms with Crippen LogP contribution in [0.4, 0.5) is 29.2 Å². The maximum Gasteiger partial charge on any atom is 0.283 e. The van der Waals surface area contributed by atoms with Crippen molar-refractivity contribution in [3.05, 3.63) is 94.0 Å². The van der Waals surface area contributed by atoms with Gasteiger partial charge in [0, 0.05) is 35.3 Å². The van der Waals surface area contributed by atoms with Gasteiger partial charge in [0.25, 0.3) is 5.69 Å². The molecule has 1 aliphatic rings. The number of aromatic nitrogens is 3. The van der Waals surface area contributed by atoms with E-state index >= 15 is 0 Å². The molecule has 39 heavy (non-hydrogen) atoms. The summed E-state index contributed by atoms with van der Waals surface area (Å²) in [4.78, 5) is 28.7. The molecule has 0 spiro atoms. The minimum absolute atomic E-state index is 0.0198. The Labute approximate surface area is 230 Å². The number of hydrogen-bond donors (Lipinski definition) is 2. The lowest BCUT2D eigenvalue weighted by molar-refractivity contribution is -0.387. The van der Waals surface area contributed by atoms with E-state index in [1.54, 1.807) is 12.1 Å². The highest BCUT2D eigenvalue weighted by Crippen LogP contribution is 2.35. The fourth-order valence-electron chi connectivity index (χ4n) is 4.10. The van der Waals surface area contributed by atoms with Crippen molar-refractivity contribution in [2.24, 2.45) is 5.10 Å². The van der Waals surface area contributed by atoms with Crippen LogP contribution in [-0.4, -0.2) is 39.2 Å². The number of anilines is 4. The molecule has 10 nitrogen and oxygen atoms in total. The van der Waals surface area contributed by atoms with E-state index in [4.69, 9.17) is 0 Å². The Hall–Kier alpha value is -4.51. The minimum Gasteiger partial charge on any atom is -0.341 e. The second-order valence-corrected chi connectivity index (χ2v) is 10.2. The van der Waals surface area contributed by atoms with Crippen LogP contribution < -0.4 is 15.6 Å². The monoisotopic (exact) mass is 540 g/mol. The highest BCUT2D eigenvalue weighted by molar-refractivity contribution is 7.99. The van der Waals surface area contributed by atoms with Crippen LogP contribution in [0, 0.1) is 17.0 Å². The largest absolute Gasteiger partial charge is 0.341 e. The minimum atomic E-state index is -0.375. The van der Waals surface area contributed by atoms with Gasteiger partial charge in [0.1, 0.15) is 0 Å². The summed E-state index contributed by atoms with van der Waals surface area (Å²) >= 11 is 1.36. The molecule has 1 aromatic heterocycles. The highest BCUT2D eigenvalue weighted by Gasteiger charge is 2.17. The zero-order chi connectivity index (χ0) is 27.0. The van der Waals surface area contributed by atoms with Gasteiger partial charge in [0.15, 0.2) is 0 Å². The normalized spacial score (nSPS) is 13.4. The van der Waals surface area contributed by atoms with Gasteiger partial charge in [0.2, 0.25) is 17.8 Å². The summed E-state index contributed by atoms with van der Waals surface area (Å²) < 4.78 is 0. The first-order valence-electron chi connectivity index (χ1n) is 12.7. The standard InChI is InChI=1S/C28H28N8O2S/c1-20-10-13-23(14-11-20)39-25-15-12-21(18-24(25)36(37)38)19-29-34-27-31-26(30-22-8-4-2-5-9-22)32-28(33-27)35-16-6-3-7-17-35/h2,4-5,8-15,18-19H,3,6-7,16-17H2,1H3,(H2,30,31,32,33,34). The Morgan fingerprint density at radius 2 is 1.69 bits per heavy atom. The van der Waals surface area contributed by atoms with Crippen LogP contribution in [-0.2, 0) is 0 Å². The number of nitrogens with one attached hydrogen (secondary N) is 2. The third-order valence-electron chi connectivity index (χ3n) is 6.10. The maximum atomic E-state index is 11.8. The summed E-state index contributed by atoms with van der Waals surface area (Å²) in [6.07, 6.45) is 4.89. The van der Waals surface area contributed by atoms with Gasteiger partial charge in [-0.05, 0) is 56.5 Å². The number of benzene rings is 3. The number of hydrogen-bond acceptors (Lipinski definition) is 10. The number of piperidine rings is 1. The number of nitro groups is 1. The second kappa shape index (κ2) is 12.4. The summed E-state index contributed by atoms with van der Waals surface area (Å²) in [6, 6.07) is 22.6. The van der Waals surface area contributed by atoms with Gasteiger partial charge in [0.05, 0.1) is 16.0 Å². The fourth-order valence-corrected chi connectivity index (χ4v) is 5.00. The number of para-hydroxylation sites is 1. The Bertz CT molecular complexity index is 1460. The third kappa shape index (κ3) is 7.08. The van der Waals surface area contributed by atoms with Crippen LogP contribution >= 0.6 is 11.8 Å². The van der Waals surface area contributed by atoms with Crippen LogP contribution in [0.2, 0.25) is 0 Å². The number of hydrazone groups is 1. The predicted molar refractivity (Wildman–Crippen MR) is 155 cm³/mol. The number of nitro benzene ring substituents is 1. The zero-order valence-corrected chi connectivity index (χ0v) is 22.3. The van der Waals surface area contributed by atoms with Crippen molar-refractivity contribution in [1.29, 1.82) is 0 Å². The Kier molecular flexibility index (Phi) is 8.27. The van der Waals surface area contributed by atoms with E-state index in [1.807, 2.05) is 61.5 Å². The molecule has 2 N–H and O–H groups in total. The molecule has 0 radical (unpaired) electrons. The van der Waals surface area contributed by atoms with Crippen molar-refractivity contribution >= 4 is 47.2 Å². The van der Waals surface area contributed by atoms with Crippen LogP contribution in [0.3, 0.4) is 0 Å². The van der Waals surface area contributed by atoms with Gasteiger partial charge in [-0.1, -0.05) is 53.7 Å². The summed E-state index contributed by atoms with van der Waals surface area (Å²) in [5.41, 5.74) is 5.47. The van der Waals surface area contributed by atoms with E-state index < -0.39 is 0 Å². The van der Waals surface area contributed by atoms with Crippen molar-refractivity contribution in [2.45, 2.75) is 36.0 Å². The lowest BCUT2D eigenvalue weighted by Crippen LogP contribution is -2.31. The molecule has 0 saturated carbocycles. The first-order chi connectivity index (χ1) is 19.0. The average Bonchev–Trinajstić information content (AvgIpc) is 2.96. The Morgan fingerprint density at radius 1 is 0.949 bits per heavy atom. The smallest absolute Gasteiger partial charge is 0.283 e. The average molecular weight is 541 g/mol. The van der Waals surface area contributed by atoms with Crippen molar-refractivity contribution < 1.29 is 4.92 Å². The molecule has 1 saturated heterocycles. The first kappa shape index (κ1) is 26.1. The molecular formula is C28H28N8O2S. The fraction of sp³-hybridized carbons (Fsp3) is 0.214. The van der Waals surface area contributed by atoms with Gasteiger partial charge in [-0.15, -0.1) is 0 Å². The first-order valence-corrected chi connectivity index (χ1v) is 13.5. The van der Waals surface area contributed by atoms with E-state index in [9.17, 15) is 10.1 Å². The molecule has 5 rings (SSSR count). The maximum absolute atomic E-state index is 11.8. The van der Waals surface area contributed by atoms with E-state index in [-0.39, 0.29) is 16.6 Å². The summed E-state index contributed by atoms with van der Waals surface area (Å²) in [7, 11) is 0. The quantitative estimate of drug-likeness (QED) is 0.141. The molecule has 198 valence electrons. The van der Waals surface area contributed by atoms with Gasteiger partial charge in [-0.2, -0.15) is 20.1 Å². The highest BCUT2D eigenvalue weighted by atomic mass is 32.2. The SMILES string of the molecule is Cc1ccc(Sc2ccc(C=NNc3nc(Nc4ccccc4)nc(N4CCCCC4)n3)cc2[N+](=O)[O-])cc1. The van der Waals surface area contributed by atoms with E-state index in [2.05, 4.69) is 35.7 Å². The van der Waals surface area contributed by atoms with E-state index in [0.717, 1.165) is 42.1 Å². The van der Waals surface area contributed by atoms with Gasteiger partial charge < -0.3 is 10.2 Å². The summed E-state index contributed by atoms with van der Waals surface area (Å²) in [6.45, 7) is 3.77. The molecule has 0 amide bonds. The molecule has 0 bridgehead atoms. The van der Waals surface area contributed by atoms with Crippen molar-refractivity contribution in [2.75, 3.05) is 28.7 Å². The molecule has 0 unspecified atom stereocenters. The lowest BCUT2D eigenvalue weighted by Gasteiger charge is -2.26. The van der Waals surface area contributed by atoms with Crippen molar-refractivity contribution in [3.8, 4) is 0 Å². The van der Waals surface area contributed by atoms with E-state index in [1.165, 1.54) is 30.5 Å². The Morgan fingerprint density at radius 3 is 2.44 bits per heavy atom. The molecular weight excluding hydrogens is 512 g/mol. The molecule has 4 aromatic rings. The van der Waals surface area contributed by atoms with Gasteiger partial charge in [-0.3, -0.25) is 10.1 Å². The molecule has 0 atom stereocenters. The lowest BCUT2D eigenvalue weighted by atomic mass is 10.1. The molecule has 2 heterocycles. The topological polar surface area (TPSA) is 121 Å². The molecule has 1 fully saturated rings. The number of nitrogens with zero attached hydrogens (tertiary/aromatic N) is 6. The van der Waals surface area contributed by atoms with Crippen LogP contribution in [0.25, 0.3) is 0 Å². The predicted octanol–water partition coefficient (Wildman–Crippen LogP) is 6.42. The Balaban J connectivity index is 1.34. The van der Waals surface area contributed by atoms with E-state index in [0.29, 0.717) is 22.4 Å². The summed E-state index contributed by atoms with van der Waals surface area (Å²) in [5, 5.41) is 19.3. The molecule has 1 aliphatic heterocycles. The third-order valence-corrected chi connectivity index (χ3v) is 7.17. The second-order valence-electron chi connectivity index (χ2n) is 9.09. The molecule has 11 heteroatoms. The summed E-state index contributed by atoms with van der Waals surface area (Å²) in [5.74, 6) is 1.26. The van der Waals surface area contributed by atoms with Crippen LogP contribution in [0.1, 0.15) is 30.4 Å². The van der Waals surface area contributed by atoms with Crippen molar-refractivity contribution in [3.63, 3.8) is 0 Å². The van der Waals surface area contributed by atoms with Crippen LogP contribution in [0.5, 0.6) is 0 Å². The van der Waals surface area contributed by atoms with Crippen molar-refractivity contribution in [1.82, 2.24) is 15.0 Å².